The fourth-order valence-corrected chi connectivity index (χ4v) is 3.09. The van der Waals surface area contributed by atoms with E-state index in [1.165, 1.54) is 12.1 Å². The highest BCUT2D eigenvalue weighted by Crippen LogP contribution is 2.21. The molecule has 1 unspecified atom stereocenters. The van der Waals surface area contributed by atoms with Crippen molar-refractivity contribution in [3.63, 3.8) is 0 Å². The first-order valence-corrected chi connectivity index (χ1v) is 7.98. The van der Waals surface area contributed by atoms with E-state index in [0.29, 0.717) is 0 Å². The number of rotatable bonds is 5. The zero-order chi connectivity index (χ0) is 16.1. The molecule has 0 aliphatic carbocycles. The molecule has 2 heterocycles. The van der Waals surface area contributed by atoms with Gasteiger partial charge >= 0.3 is 0 Å². The van der Waals surface area contributed by atoms with Crippen LogP contribution in [-0.2, 0) is 6.54 Å². The molecule has 4 nitrogen and oxygen atoms in total. The molecule has 1 atom stereocenters. The van der Waals surface area contributed by atoms with Crippen LogP contribution in [0.5, 0.6) is 0 Å². The van der Waals surface area contributed by atoms with Gasteiger partial charge in [-0.15, -0.1) is 50.9 Å². The molecule has 0 saturated carbocycles. The van der Waals surface area contributed by atoms with Gasteiger partial charge in [-0.1, -0.05) is 18.2 Å². The molecule has 1 aromatic heterocycles. The zero-order valence-corrected chi connectivity index (χ0v) is 19.5. The summed E-state index contributed by atoms with van der Waals surface area (Å²) in [5.41, 5.74) is 2.19. The fraction of sp³-hybridized carbons (Fsp3) is 0.389. The topological polar surface area (TPSA) is 39.6 Å². The van der Waals surface area contributed by atoms with Gasteiger partial charge in [-0.05, 0) is 29.3 Å². The van der Waals surface area contributed by atoms with Gasteiger partial charge in [0.2, 0.25) is 0 Å². The molecule has 1 aliphatic rings. The summed E-state index contributed by atoms with van der Waals surface area (Å²) >= 11 is 0. The molecule has 2 aromatic rings. The van der Waals surface area contributed by atoms with Crippen molar-refractivity contribution < 1.29 is 9.50 Å². The number of benzene rings is 1. The number of aliphatic hydroxyl groups is 1. The highest BCUT2D eigenvalue weighted by molar-refractivity contribution is 8.93. The van der Waals surface area contributed by atoms with Crippen LogP contribution in [0.2, 0.25) is 0 Å². The van der Waals surface area contributed by atoms with Crippen molar-refractivity contribution in [1.82, 2.24) is 14.8 Å². The number of aromatic nitrogens is 1. The predicted molar refractivity (Wildman–Crippen MR) is 118 cm³/mol. The standard InChI is InChI=1S/C18H22FN3O.3BrH/c19-17-5-3-15(4-6-17)13-21-8-10-22(11-9-21)18(14-23)16-2-1-7-20-12-16;;;/h1-7,12,18,23H,8-11,13-14H2;3*1H. The van der Waals surface area contributed by atoms with Crippen LogP contribution < -0.4 is 0 Å². The molecule has 1 saturated heterocycles. The summed E-state index contributed by atoms with van der Waals surface area (Å²) in [7, 11) is 0. The van der Waals surface area contributed by atoms with Crippen LogP contribution in [0, 0.1) is 5.82 Å². The lowest BCUT2D eigenvalue weighted by Crippen LogP contribution is -2.47. The van der Waals surface area contributed by atoms with E-state index in [1.54, 1.807) is 6.20 Å². The number of hydrogen-bond donors (Lipinski definition) is 1. The second kappa shape index (κ2) is 12.9. The summed E-state index contributed by atoms with van der Waals surface area (Å²) in [6.07, 6.45) is 3.57. The average molecular weight is 558 g/mol. The lowest BCUT2D eigenvalue weighted by atomic mass is 10.1. The largest absolute Gasteiger partial charge is 0.394 e. The van der Waals surface area contributed by atoms with E-state index in [9.17, 15) is 9.50 Å². The maximum absolute atomic E-state index is 13.0. The Morgan fingerprint density at radius 2 is 1.65 bits per heavy atom. The van der Waals surface area contributed by atoms with E-state index in [0.717, 1.165) is 43.9 Å². The summed E-state index contributed by atoms with van der Waals surface area (Å²) in [5, 5.41) is 9.74. The Labute approximate surface area is 185 Å². The molecule has 1 N–H and O–H groups in total. The number of halogens is 4. The third-order valence-electron chi connectivity index (χ3n) is 4.41. The first kappa shape index (κ1) is 25.6. The minimum Gasteiger partial charge on any atom is -0.394 e. The molecule has 0 amide bonds. The minimum atomic E-state index is -0.194. The van der Waals surface area contributed by atoms with Gasteiger partial charge in [0.15, 0.2) is 0 Å². The second-order valence-electron chi connectivity index (χ2n) is 5.92. The number of aliphatic hydroxyl groups excluding tert-OH is 1. The van der Waals surface area contributed by atoms with Gasteiger partial charge in [-0.25, -0.2) is 4.39 Å². The summed E-state index contributed by atoms with van der Waals surface area (Å²) in [6, 6.07) is 10.6. The first-order valence-electron chi connectivity index (χ1n) is 7.98. The van der Waals surface area contributed by atoms with Crippen LogP contribution in [0.25, 0.3) is 0 Å². The number of hydrogen-bond acceptors (Lipinski definition) is 4. The summed E-state index contributed by atoms with van der Waals surface area (Å²) < 4.78 is 13.0. The molecular weight excluding hydrogens is 533 g/mol. The minimum absolute atomic E-state index is 0. The Kier molecular flexibility index (Phi) is 12.7. The summed E-state index contributed by atoms with van der Waals surface area (Å²) in [5.74, 6) is -0.194. The van der Waals surface area contributed by atoms with Crippen LogP contribution in [0.1, 0.15) is 17.2 Å². The van der Waals surface area contributed by atoms with Crippen molar-refractivity contribution >= 4 is 50.9 Å². The fourth-order valence-electron chi connectivity index (χ4n) is 3.09. The monoisotopic (exact) mass is 555 g/mol. The quantitative estimate of drug-likeness (QED) is 0.607. The van der Waals surface area contributed by atoms with Crippen LogP contribution in [0.4, 0.5) is 4.39 Å². The van der Waals surface area contributed by atoms with Crippen molar-refractivity contribution in [2.45, 2.75) is 12.6 Å². The Morgan fingerprint density at radius 1 is 1.00 bits per heavy atom. The molecule has 1 fully saturated rings. The Balaban J connectivity index is 0.00000208. The normalized spacial score (nSPS) is 15.9. The van der Waals surface area contributed by atoms with Gasteiger partial charge < -0.3 is 5.11 Å². The van der Waals surface area contributed by atoms with Gasteiger partial charge in [0.05, 0.1) is 12.6 Å². The Hall–Kier alpha value is -0.380. The highest BCUT2D eigenvalue weighted by atomic mass is 79.9. The maximum atomic E-state index is 13.0. The molecule has 0 spiro atoms. The van der Waals surface area contributed by atoms with Crippen molar-refractivity contribution in [2.24, 2.45) is 0 Å². The van der Waals surface area contributed by atoms with Crippen LogP contribution in [0.15, 0.2) is 48.8 Å². The van der Waals surface area contributed by atoms with E-state index >= 15 is 0 Å². The van der Waals surface area contributed by atoms with E-state index in [1.807, 2.05) is 30.5 Å². The van der Waals surface area contributed by atoms with Gasteiger partial charge in [0, 0.05) is 45.1 Å². The summed E-state index contributed by atoms with van der Waals surface area (Å²) in [6.45, 7) is 4.62. The molecule has 1 aliphatic heterocycles. The number of pyridine rings is 1. The molecule has 3 rings (SSSR count). The molecule has 1 aromatic carbocycles. The SMILES string of the molecule is Br.Br.Br.OCC(c1cccnc1)N1CCN(Cc2ccc(F)cc2)CC1. The zero-order valence-electron chi connectivity index (χ0n) is 14.3. The third kappa shape index (κ3) is 6.98. The lowest BCUT2D eigenvalue weighted by Gasteiger charge is -2.38. The number of piperazine rings is 1. The average Bonchev–Trinajstić information content (AvgIpc) is 2.60. The van der Waals surface area contributed by atoms with Gasteiger partial charge in [-0.2, -0.15) is 0 Å². The maximum Gasteiger partial charge on any atom is 0.123 e. The summed E-state index contributed by atoms with van der Waals surface area (Å²) in [4.78, 5) is 8.81. The van der Waals surface area contributed by atoms with E-state index < -0.39 is 0 Å². The van der Waals surface area contributed by atoms with E-state index in [-0.39, 0.29) is 69.4 Å². The van der Waals surface area contributed by atoms with Crippen LogP contribution >= 0.6 is 50.9 Å². The van der Waals surface area contributed by atoms with E-state index in [2.05, 4.69) is 14.8 Å². The van der Waals surface area contributed by atoms with Gasteiger partial charge in [-0.3, -0.25) is 14.8 Å². The van der Waals surface area contributed by atoms with Crippen LogP contribution in [-0.4, -0.2) is 52.7 Å². The molecule has 0 radical (unpaired) electrons. The van der Waals surface area contributed by atoms with Crippen molar-refractivity contribution in [3.8, 4) is 0 Å². The van der Waals surface area contributed by atoms with E-state index in [4.69, 9.17) is 0 Å². The predicted octanol–water partition coefficient (Wildman–Crippen LogP) is 3.81. The smallest absolute Gasteiger partial charge is 0.123 e. The Bertz CT molecular complexity index is 611. The van der Waals surface area contributed by atoms with Crippen molar-refractivity contribution in [3.05, 3.63) is 65.7 Å². The highest BCUT2D eigenvalue weighted by Gasteiger charge is 2.24. The molecule has 0 bridgehead atoms. The molecule has 146 valence electrons. The third-order valence-corrected chi connectivity index (χ3v) is 4.41. The van der Waals surface area contributed by atoms with Gasteiger partial charge in [0.25, 0.3) is 0 Å². The molecule has 8 heteroatoms. The van der Waals surface area contributed by atoms with Gasteiger partial charge in [0.1, 0.15) is 5.82 Å². The first-order chi connectivity index (χ1) is 11.3. The second-order valence-corrected chi connectivity index (χ2v) is 5.92. The van der Waals surface area contributed by atoms with Crippen molar-refractivity contribution in [2.75, 3.05) is 32.8 Å². The lowest BCUT2D eigenvalue weighted by molar-refractivity contribution is 0.0620. The number of nitrogens with zero attached hydrogens (tertiary/aromatic N) is 3. The Morgan fingerprint density at radius 3 is 2.19 bits per heavy atom. The van der Waals surface area contributed by atoms with Crippen LogP contribution in [0.3, 0.4) is 0 Å². The van der Waals surface area contributed by atoms with Crippen molar-refractivity contribution in [1.29, 1.82) is 0 Å². The molecular formula is C18H25Br3FN3O. The molecule has 26 heavy (non-hydrogen) atoms.